The van der Waals surface area contributed by atoms with Crippen LogP contribution in [0.4, 0.5) is 0 Å². The van der Waals surface area contributed by atoms with Gasteiger partial charge in [-0.05, 0) is 18.2 Å². The molecule has 0 fully saturated rings. The average Bonchev–Trinajstić information content (AvgIpc) is 3.31. The number of carbonyl (C=O) groups is 3. The van der Waals surface area contributed by atoms with Gasteiger partial charge in [-0.1, -0.05) is 17.2 Å². The zero-order valence-corrected chi connectivity index (χ0v) is 13.0. The van der Waals surface area contributed by atoms with Crippen LogP contribution in [0.15, 0.2) is 42.7 Å². The lowest BCUT2D eigenvalue weighted by Crippen LogP contribution is -2.32. The maximum Gasteiger partial charge on any atom is 0.367 e. The number of nitrogens with one attached hydrogen (secondary N) is 1. The number of benzene rings is 1. The second kappa shape index (κ2) is 5.41. The summed E-state index contributed by atoms with van der Waals surface area (Å²) in [5, 5.41) is 11.1. The van der Waals surface area contributed by atoms with Crippen molar-refractivity contribution in [3.8, 4) is 11.4 Å². The molecular formula is C16H11N5O4. The van der Waals surface area contributed by atoms with Gasteiger partial charge in [0.15, 0.2) is 0 Å². The van der Waals surface area contributed by atoms with Crippen molar-refractivity contribution in [2.24, 2.45) is 7.05 Å². The summed E-state index contributed by atoms with van der Waals surface area (Å²) in [6, 6.07) is 7.95. The van der Waals surface area contributed by atoms with E-state index in [1.807, 2.05) is 0 Å². The third kappa shape index (κ3) is 2.29. The highest BCUT2D eigenvalue weighted by atomic mass is 16.7. The molecule has 1 aliphatic rings. The van der Waals surface area contributed by atoms with Gasteiger partial charge in [-0.2, -0.15) is 10.2 Å². The molecule has 9 nitrogen and oxygen atoms in total. The third-order valence-corrected chi connectivity index (χ3v) is 3.76. The number of nitrogens with zero attached hydrogens (tertiary/aromatic N) is 4. The smallest absolute Gasteiger partial charge is 0.324 e. The maximum atomic E-state index is 12.4. The van der Waals surface area contributed by atoms with E-state index in [1.165, 1.54) is 18.3 Å². The molecule has 0 unspecified atom stereocenters. The van der Waals surface area contributed by atoms with Gasteiger partial charge in [0.2, 0.25) is 0 Å². The normalized spacial score (nSPS) is 13.2. The van der Waals surface area contributed by atoms with Crippen molar-refractivity contribution in [3.63, 3.8) is 0 Å². The number of hydrogen-bond acceptors (Lipinski definition) is 6. The second-order valence-electron chi connectivity index (χ2n) is 5.36. The van der Waals surface area contributed by atoms with Gasteiger partial charge in [0.1, 0.15) is 11.3 Å². The van der Waals surface area contributed by atoms with E-state index >= 15 is 0 Å². The lowest BCUT2D eigenvalue weighted by atomic mass is 10.1. The van der Waals surface area contributed by atoms with Crippen LogP contribution < -0.4 is 0 Å². The second-order valence-corrected chi connectivity index (χ2v) is 5.36. The number of aromatic amines is 1. The van der Waals surface area contributed by atoms with Crippen molar-refractivity contribution < 1.29 is 19.2 Å². The minimum Gasteiger partial charge on any atom is -0.324 e. The molecule has 0 bridgehead atoms. The highest BCUT2D eigenvalue weighted by molar-refractivity contribution is 6.21. The average molecular weight is 337 g/mol. The Morgan fingerprint density at radius 1 is 1.12 bits per heavy atom. The number of amides is 2. The van der Waals surface area contributed by atoms with Gasteiger partial charge in [-0.15, -0.1) is 0 Å². The van der Waals surface area contributed by atoms with Crippen molar-refractivity contribution in [1.82, 2.24) is 25.0 Å². The first-order valence-corrected chi connectivity index (χ1v) is 7.30. The van der Waals surface area contributed by atoms with E-state index in [4.69, 9.17) is 4.84 Å². The van der Waals surface area contributed by atoms with E-state index in [1.54, 1.807) is 36.1 Å². The first-order valence-electron chi connectivity index (χ1n) is 7.30. The van der Waals surface area contributed by atoms with Crippen molar-refractivity contribution in [2.45, 2.75) is 0 Å². The predicted octanol–water partition coefficient (Wildman–Crippen LogP) is 1.18. The van der Waals surface area contributed by atoms with Gasteiger partial charge in [0.25, 0.3) is 11.8 Å². The molecular weight excluding hydrogens is 326 g/mol. The molecule has 0 saturated heterocycles. The van der Waals surface area contributed by atoms with Crippen LogP contribution in [-0.2, 0) is 11.9 Å². The highest BCUT2D eigenvalue weighted by Gasteiger charge is 2.39. The molecule has 0 radical (unpaired) electrons. The van der Waals surface area contributed by atoms with Gasteiger partial charge in [-0.25, -0.2) is 4.79 Å². The Morgan fingerprint density at radius 3 is 2.40 bits per heavy atom. The van der Waals surface area contributed by atoms with E-state index in [-0.39, 0.29) is 16.7 Å². The summed E-state index contributed by atoms with van der Waals surface area (Å²) >= 11 is 0. The minimum absolute atomic E-state index is 0.0651. The third-order valence-electron chi connectivity index (χ3n) is 3.76. The van der Waals surface area contributed by atoms with Gasteiger partial charge < -0.3 is 4.84 Å². The molecule has 1 aliphatic heterocycles. The van der Waals surface area contributed by atoms with Crippen molar-refractivity contribution in [2.75, 3.05) is 0 Å². The number of imide groups is 1. The Bertz CT molecular complexity index is 984. The molecule has 1 aromatic carbocycles. The van der Waals surface area contributed by atoms with Crippen molar-refractivity contribution in [3.05, 3.63) is 59.4 Å². The van der Waals surface area contributed by atoms with Gasteiger partial charge in [0, 0.05) is 13.2 Å². The Kier molecular flexibility index (Phi) is 3.21. The maximum absolute atomic E-state index is 12.4. The Hall–Kier alpha value is -3.75. The number of fused-ring (bicyclic) bond motifs is 1. The number of hydroxylamine groups is 2. The first kappa shape index (κ1) is 14.8. The fourth-order valence-electron chi connectivity index (χ4n) is 2.57. The number of hydrogen-bond donors (Lipinski definition) is 1. The summed E-state index contributed by atoms with van der Waals surface area (Å²) in [6.45, 7) is 0. The monoisotopic (exact) mass is 337 g/mol. The summed E-state index contributed by atoms with van der Waals surface area (Å²) in [7, 11) is 1.73. The number of aromatic nitrogens is 4. The molecule has 0 atom stereocenters. The highest BCUT2D eigenvalue weighted by Crippen LogP contribution is 2.25. The number of carbonyl (C=O) groups excluding carboxylic acids is 3. The molecule has 1 N–H and O–H groups in total. The van der Waals surface area contributed by atoms with Gasteiger partial charge >= 0.3 is 5.97 Å². The molecule has 25 heavy (non-hydrogen) atoms. The molecule has 0 aliphatic carbocycles. The largest absolute Gasteiger partial charge is 0.367 e. The quantitative estimate of drug-likeness (QED) is 0.719. The fourth-order valence-corrected chi connectivity index (χ4v) is 2.57. The van der Waals surface area contributed by atoms with Crippen LogP contribution in [0.25, 0.3) is 11.4 Å². The SMILES string of the molecule is Cn1ccc(-c2[nH]ncc2C(=O)ON2C(=O)c3ccccc3C2=O)n1. The van der Waals surface area contributed by atoms with Crippen LogP contribution in [0.5, 0.6) is 0 Å². The molecule has 4 rings (SSSR count). The van der Waals surface area contributed by atoms with E-state index in [9.17, 15) is 14.4 Å². The molecule has 124 valence electrons. The van der Waals surface area contributed by atoms with Gasteiger partial charge in [-0.3, -0.25) is 19.4 Å². The predicted molar refractivity (Wildman–Crippen MR) is 83.1 cm³/mol. The Morgan fingerprint density at radius 2 is 1.80 bits per heavy atom. The summed E-state index contributed by atoms with van der Waals surface area (Å²) in [5.41, 5.74) is 1.27. The van der Waals surface area contributed by atoms with Gasteiger partial charge in [0.05, 0.1) is 23.0 Å². The van der Waals surface area contributed by atoms with Crippen LogP contribution in [-0.4, -0.2) is 42.8 Å². The number of aryl methyl sites for hydroxylation is 1. The van der Waals surface area contributed by atoms with Crippen LogP contribution >= 0.6 is 0 Å². The number of H-pyrrole nitrogens is 1. The summed E-state index contributed by atoms with van der Waals surface area (Å²) < 4.78 is 1.56. The number of rotatable bonds is 3. The van der Waals surface area contributed by atoms with E-state index in [0.717, 1.165) is 0 Å². The molecule has 0 spiro atoms. The van der Waals surface area contributed by atoms with E-state index in [0.29, 0.717) is 16.5 Å². The Balaban J connectivity index is 1.61. The zero-order valence-electron chi connectivity index (χ0n) is 13.0. The summed E-state index contributed by atoms with van der Waals surface area (Å²) in [6.07, 6.45) is 2.96. The molecule has 2 amide bonds. The standard InChI is InChI=1S/C16H11N5O4/c1-20-7-6-12(19-20)13-11(8-17-18-13)16(24)25-21-14(22)9-4-2-3-5-10(9)15(21)23/h2-8H,1H3,(H,17,18). The van der Waals surface area contributed by atoms with E-state index in [2.05, 4.69) is 15.3 Å². The first-order chi connectivity index (χ1) is 12.1. The molecule has 0 saturated carbocycles. The van der Waals surface area contributed by atoms with Crippen LogP contribution in [0.2, 0.25) is 0 Å². The zero-order chi connectivity index (χ0) is 17.6. The summed E-state index contributed by atoms with van der Waals surface area (Å²) in [5.74, 6) is -2.25. The Labute approximate surface area is 140 Å². The van der Waals surface area contributed by atoms with Crippen molar-refractivity contribution in [1.29, 1.82) is 0 Å². The minimum atomic E-state index is -0.885. The summed E-state index contributed by atoms with van der Waals surface area (Å²) in [4.78, 5) is 42.0. The van der Waals surface area contributed by atoms with E-state index < -0.39 is 17.8 Å². The lowest BCUT2D eigenvalue weighted by molar-refractivity contribution is -0.0584. The molecule has 3 aromatic rings. The molecule has 2 aromatic heterocycles. The van der Waals surface area contributed by atoms with Crippen molar-refractivity contribution >= 4 is 17.8 Å². The van der Waals surface area contributed by atoms with Crippen LogP contribution in [0, 0.1) is 0 Å². The molecule has 9 heteroatoms. The lowest BCUT2D eigenvalue weighted by Gasteiger charge is -2.12. The van der Waals surface area contributed by atoms with Crippen LogP contribution in [0.3, 0.4) is 0 Å². The molecule has 3 heterocycles. The topological polar surface area (TPSA) is 110 Å². The van der Waals surface area contributed by atoms with Crippen LogP contribution in [0.1, 0.15) is 31.1 Å². The fraction of sp³-hybridized carbons (Fsp3) is 0.0625.